The van der Waals surface area contributed by atoms with Crippen molar-refractivity contribution in [2.24, 2.45) is 4.99 Å². The van der Waals surface area contributed by atoms with Gasteiger partial charge in [-0.25, -0.2) is 0 Å². The number of rotatable bonds is 1. The van der Waals surface area contributed by atoms with Crippen LogP contribution in [0.25, 0.3) is 0 Å². The van der Waals surface area contributed by atoms with Crippen LogP contribution < -0.4 is 5.32 Å². The highest BCUT2D eigenvalue weighted by Gasteiger charge is 2.28. The molecule has 0 spiro atoms. The second-order valence-corrected chi connectivity index (χ2v) is 4.98. The molecule has 86 valence electrons. The van der Waals surface area contributed by atoms with Crippen LogP contribution in [0.3, 0.4) is 0 Å². The maximum atomic E-state index is 5.54. The first-order chi connectivity index (χ1) is 7.29. The fourth-order valence-electron chi connectivity index (χ4n) is 2.36. The monoisotopic (exact) mass is 210 g/mol. The smallest absolute Gasteiger partial charge is 0.0968 e. The zero-order chi connectivity index (χ0) is 10.6. The molecule has 0 saturated carbocycles. The van der Waals surface area contributed by atoms with Gasteiger partial charge in [-0.15, -0.1) is 0 Å². The number of hydrogen-bond acceptors (Lipinski definition) is 3. The van der Waals surface area contributed by atoms with Crippen LogP contribution in [0, 0.1) is 0 Å². The minimum atomic E-state index is 0.126. The summed E-state index contributed by atoms with van der Waals surface area (Å²) in [6.45, 7) is 4.99. The lowest BCUT2D eigenvalue weighted by atomic mass is 9.94. The number of hydrogen-bond donors (Lipinski definition) is 1. The van der Waals surface area contributed by atoms with Gasteiger partial charge in [0.05, 0.1) is 18.0 Å². The van der Waals surface area contributed by atoms with Crippen LogP contribution >= 0.6 is 0 Å². The van der Waals surface area contributed by atoms with Crippen molar-refractivity contribution in [2.45, 2.75) is 51.0 Å². The van der Waals surface area contributed by atoms with Crippen molar-refractivity contribution in [3.8, 4) is 0 Å². The second-order valence-electron chi connectivity index (χ2n) is 4.98. The Kier molecular flexibility index (Phi) is 3.62. The fraction of sp³-hybridized carbons (Fsp3) is 0.917. The zero-order valence-electron chi connectivity index (χ0n) is 9.72. The molecule has 0 aliphatic carbocycles. The average molecular weight is 210 g/mol. The van der Waals surface area contributed by atoms with Gasteiger partial charge < -0.3 is 10.1 Å². The van der Waals surface area contributed by atoms with Crippen molar-refractivity contribution in [1.29, 1.82) is 0 Å². The van der Waals surface area contributed by atoms with Crippen molar-refractivity contribution in [3.63, 3.8) is 0 Å². The van der Waals surface area contributed by atoms with E-state index in [-0.39, 0.29) is 5.54 Å². The van der Waals surface area contributed by atoms with Crippen molar-refractivity contribution >= 4 is 5.84 Å². The first-order valence-electron chi connectivity index (χ1n) is 6.18. The maximum Gasteiger partial charge on any atom is 0.0968 e. The zero-order valence-corrected chi connectivity index (χ0v) is 9.72. The lowest BCUT2D eigenvalue weighted by Gasteiger charge is -2.35. The van der Waals surface area contributed by atoms with Crippen LogP contribution in [-0.2, 0) is 4.74 Å². The van der Waals surface area contributed by atoms with Crippen LogP contribution in [0.2, 0.25) is 0 Å². The molecule has 0 amide bonds. The van der Waals surface area contributed by atoms with E-state index < -0.39 is 0 Å². The van der Waals surface area contributed by atoms with Crippen LogP contribution in [0.15, 0.2) is 4.99 Å². The van der Waals surface area contributed by atoms with Gasteiger partial charge in [0, 0.05) is 19.6 Å². The Morgan fingerprint density at radius 2 is 2.20 bits per heavy atom. The molecule has 2 aliphatic heterocycles. The van der Waals surface area contributed by atoms with Gasteiger partial charge in [0.1, 0.15) is 0 Å². The van der Waals surface area contributed by atoms with E-state index in [2.05, 4.69) is 17.2 Å². The van der Waals surface area contributed by atoms with Gasteiger partial charge in [0.15, 0.2) is 0 Å². The van der Waals surface area contributed by atoms with Gasteiger partial charge in [-0.05, 0) is 32.6 Å². The summed E-state index contributed by atoms with van der Waals surface area (Å²) < 4.78 is 5.54. The van der Waals surface area contributed by atoms with Gasteiger partial charge in [-0.3, -0.25) is 4.99 Å². The van der Waals surface area contributed by atoms with Gasteiger partial charge in [-0.2, -0.15) is 0 Å². The topological polar surface area (TPSA) is 33.6 Å². The summed E-state index contributed by atoms with van der Waals surface area (Å²) in [7, 11) is 0. The quantitative estimate of drug-likeness (QED) is 0.719. The molecule has 0 bridgehead atoms. The van der Waals surface area contributed by atoms with Crippen LogP contribution in [0.5, 0.6) is 0 Å². The van der Waals surface area contributed by atoms with Crippen LogP contribution in [-0.4, -0.2) is 31.1 Å². The molecular formula is C12H22N2O. The lowest BCUT2D eigenvalue weighted by Crippen LogP contribution is -2.51. The van der Waals surface area contributed by atoms with E-state index in [1.54, 1.807) is 0 Å². The summed E-state index contributed by atoms with van der Waals surface area (Å²) in [4.78, 5) is 4.61. The van der Waals surface area contributed by atoms with E-state index in [0.717, 1.165) is 32.6 Å². The van der Waals surface area contributed by atoms with Gasteiger partial charge in [0.2, 0.25) is 0 Å². The molecular weight excluding hydrogens is 188 g/mol. The summed E-state index contributed by atoms with van der Waals surface area (Å²) in [5.74, 6) is 1.21. The molecule has 0 aromatic heterocycles. The van der Waals surface area contributed by atoms with Crippen molar-refractivity contribution in [1.82, 2.24) is 5.32 Å². The maximum absolute atomic E-state index is 5.54. The number of nitrogens with zero attached hydrogens (tertiary/aromatic N) is 1. The molecule has 1 saturated heterocycles. The van der Waals surface area contributed by atoms with Gasteiger partial charge >= 0.3 is 0 Å². The number of nitrogens with one attached hydrogen (secondary N) is 1. The Bertz CT molecular complexity index is 232. The fourth-order valence-corrected chi connectivity index (χ4v) is 2.36. The predicted molar refractivity (Wildman–Crippen MR) is 62.4 cm³/mol. The first-order valence-corrected chi connectivity index (χ1v) is 6.18. The van der Waals surface area contributed by atoms with Gasteiger partial charge in [-0.1, -0.05) is 6.42 Å². The minimum absolute atomic E-state index is 0.126. The Morgan fingerprint density at radius 1 is 1.27 bits per heavy atom. The second kappa shape index (κ2) is 4.97. The molecule has 3 heteroatoms. The molecule has 1 fully saturated rings. The largest absolute Gasteiger partial charge is 0.379 e. The van der Waals surface area contributed by atoms with E-state index in [9.17, 15) is 0 Å². The van der Waals surface area contributed by atoms with Crippen molar-refractivity contribution in [3.05, 3.63) is 0 Å². The first kappa shape index (κ1) is 10.9. The predicted octanol–water partition coefficient (Wildman–Crippen LogP) is 2.12. The highest BCUT2D eigenvalue weighted by molar-refractivity contribution is 5.83. The molecule has 2 aliphatic rings. The van der Waals surface area contributed by atoms with E-state index in [1.807, 2.05) is 0 Å². The molecule has 3 nitrogen and oxygen atoms in total. The summed E-state index contributed by atoms with van der Waals surface area (Å²) in [5.41, 5.74) is 0.126. The van der Waals surface area contributed by atoms with Crippen molar-refractivity contribution < 1.29 is 4.74 Å². The van der Waals surface area contributed by atoms with E-state index >= 15 is 0 Å². The normalized spacial score (nSPS) is 33.0. The Balaban J connectivity index is 1.90. The Hall–Kier alpha value is -0.570. The molecule has 2 rings (SSSR count). The number of amidine groups is 1. The Labute approximate surface area is 92.3 Å². The molecule has 0 aromatic carbocycles. The molecule has 0 radical (unpaired) electrons. The standard InChI is InChI=1S/C12H22N2O/c1-12(7-5-9-15-10-12)14-11-6-3-2-4-8-13-11/h2-10H2,1H3,(H,13,14). The number of ether oxygens (including phenoxy) is 1. The lowest BCUT2D eigenvalue weighted by molar-refractivity contribution is 0.0368. The van der Waals surface area contributed by atoms with E-state index in [4.69, 9.17) is 4.74 Å². The molecule has 15 heavy (non-hydrogen) atoms. The van der Waals surface area contributed by atoms with E-state index in [0.29, 0.717) is 0 Å². The molecule has 1 N–H and O–H groups in total. The Morgan fingerprint density at radius 3 is 3.00 bits per heavy atom. The summed E-state index contributed by atoms with van der Waals surface area (Å²) >= 11 is 0. The van der Waals surface area contributed by atoms with Gasteiger partial charge in [0.25, 0.3) is 0 Å². The van der Waals surface area contributed by atoms with Crippen LogP contribution in [0.1, 0.15) is 45.4 Å². The third kappa shape index (κ3) is 3.20. The SMILES string of the molecule is CC1(NC2=NCCCCC2)CCCOC1. The summed E-state index contributed by atoms with van der Waals surface area (Å²) in [6, 6.07) is 0. The molecule has 1 unspecified atom stereocenters. The third-order valence-electron chi connectivity index (χ3n) is 3.26. The minimum Gasteiger partial charge on any atom is -0.379 e. The molecule has 2 heterocycles. The third-order valence-corrected chi connectivity index (χ3v) is 3.26. The molecule has 0 aromatic rings. The van der Waals surface area contributed by atoms with E-state index in [1.165, 1.54) is 31.5 Å². The highest BCUT2D eigenvalue weighted by Crippen LogP contribution is 2.19. The summed E-state index contributed by atoms with van der Waals surface area (Å²) in [5, 5.41) is 3.60. The molecule has 1 atom stereocenters. The van der Waals surface area contributed by atoms with Crippen molar-refractivity contribution in [2.75, 3.05) is 19.8 Å². The average Bonchev–Trinajstić information content (AvgIpc) is 2.47. The van der Waals surface area contributed by atoms with Crippen LogP contribution in [0.4, 0.5) is 0 Å². The number of aliphatic imine (C=N–C) groups is 1. The highest BCUT2D eigenvalue weighted by atomic mass is 16.5. The summed E-state index contributed by atoms with van der Waals surface area (Å²) in [6.07, 6.45) is 7.33.